The average Bonchev–Trinajstić information content (AvgIpc) is 3.37. The molecule has 0 spiro atoms. The van der Waals surface area contributed by atoms with Crippen molar-refractivity contribution < 1.29 is 0 Å². The van der Waals surface area contributed by atoms with Gasteiger partial charge in [0.05, 0.1) is 9.40 Å². The molecule has 162 valence electrons. The lowest BCUT2D eigenvalue weighted by molar-refractivity contribution is 1.20. The lowest BCUT2D eigenvalue weighted by Crippen LogP contribution is -2.29. The molecule has 0 saturated carbocycles. The van der Waals surface area contributed by atoms with Crippen LogP contribution < -0.4 is 0 Å². The number of benzene rings is 4. The maximum atomic E-state index is 3.75. The van der Waals surface area contributed by atoms with Crippen molar-refractivity contribution in [2.45, 2.75) is 38.9 Å². The van der Waals surface area contributed by atoms with Crippen molar-refractivity contribution in [1.29, 1.82) is 0 Å². The molecule has 0 atom stereocenters. The van der Waals surface area contributed by atoms with Gasteiger partial charge < -0.3 is 0 Å². The Balaban J connectivity index is 1.51. The molecule has 0 radical (unpaired) electrons. The molecule has 0 aliphatic heterocycles. The summed E-state index contributed by atoms with van der Waals surface area (Å²) in [7, 11) is -1.43. The molecule has 0 amide bonds. The normalized spacial score (nSPS) is 12.2. The molecule has 0 unspecified atom stereocenters. The van der Waals surface area contributed by atoms with Crippen LogP contribution in [-0.4, -0.2) is 8.07 Å². The van der Waals surface area contributed by atoms with E-state index in [1.807, 2.05) is 22.7 Å². The zero-order chi connectivity index (χ0) is 22.6. The van der Waals surface area contributed by atoms with E-state index in [1.165, 1.54) is 69.2 Å². The van der Waals surface area contributed by atoms with E-state index in [1.54, 1.807) is 0 Å². The molecule has 2 aromatic heterocycles. The number of hydrogen-bond donors (Lipinski definition) is 0. The Labute approximate surface area is 203 Å². The molecule has 33 heavy (non-hydrogen) atoms. The zero-order valence-corrected chi connectivity index (χ0v) is 21.9. The third kappa shape index (κ3) is 3.40. The van der Waals surface area contributed by atoms with Crippen LogP contribution >= 0.6 is 22.7 Å². The van der Waals surface area contributed by atoms with E-state index in [4.69, 9.17) is 0 Å². The molecular formula is C30H26S2Si. The smallest absolute Gasteiger partial charge is 0.134 e. The van der Waals surface area contributed by atoms with Crippen molar-refractivity contribution in [3.05, 3.63) is 72.3 Å². The predicted octanol–water partition coefficient (Wildman–Crippen LogP) is 9.97. The van der Waals surface area contributed by atoms with E-state index in [0.29, 0.717) is 0 Å². The molecule has 0 fully saturated rings. The van der Waals surface area contributed by atoms with Gasteiger partial charge in [-0.1, -0.05) is 57.0 Å². The quantitative estimate of drug-likeness (QED) is 0.175. The van der Waals surface area contributed by atoms with Crippen molar-refractivity contribution in [3.63, 3.8) is 0 Å². The Kier molecular flexibility index (Phi) is 5.07. The van der Waals surface area contributed by atoms with Gasteiger partial charge in [-0.25, -0.2) is 0 Å². The highest BCUT2D eigenvalue weighted by molar-refractivity contribution is 7.36. The van der Waals surface area contributed by atoms with Gasteiger partial charge in [-0.05, 0) is 76.1 Å². The van der Waals surface area contributed by atoms with Gasteiger partial charge in [0.2, 0.25) is 0 Å². The van der Waals surface area contributed by atoms with Gasteiger partial charge in [0, 0.05) is 25.7 Å². The third-order valence-electron chi connectivity index (χ3n) is 7.41. The Bertz CT molecular complexity index is 1730. The molecule has 2 heterocycles. The SMILES string of the molecule is CC[Si](C#Cc1ccc2cc3c(cc2c1)sc1c2cc4ccccc4cc2sc31)(CC)CC. The van der Waals surface area contributed by atoms with E-state index >= 15 is 0 Å². The lowest BCUT2D eigenvalue weighted by atomic mass is 10.1. The van der Waals surface area contributed by atoms with Crippen molar-refractivity contribution in [3.8, 4) is 11.5 Å². The van der Waals surface area contributed by atoms with Crippen LogP contribution in [0.25, 0.3) is 51.1 Å². The van der Waals surface area contributed by atoms with Crippen LogP contribution in [0.5, 0.6) is 0 Å². The van der Waals surface area contributed by atoms with Gasteiger partial charge in [0.25, 0.3) is 0 Å². The third-order valence-corrected chi connectivity index (χ3v) is 14.6. The van der Waals surface area contributed by atoms with Crippen LogP contribution in [0.15, 0.2) is 66.7 Å². The Morgan fingerprint density at radius 3 is 1.79 bits per heavy atom. The molecule has 6 aromatic rings. The highest BCUT2D eigenvalue weighted by Gasteiger charge is 2.24. The summed E-state index contributed by atoms with van der Waals surface area (Å²) in [5.74, 6) is 3.56. The number of thiophene rings is 2. The number of hydrogen-bond acceptors (Lipinski definition) is 2. The van der Waals surface area contributed by atoms with Gasteiger partial charge >= 0.3 is 0 Å². The minimum Gasteiger partial charge on any atom is -0.134 e. The van der Waals surface area contributed by atoms with Crippen LogP contribution in [0.2, 0.25) is 18.1 Å². The second-order valence-corrected chi connectivity index (χ2v) is 16.1. The van der Waals surface area contributed by atoms with Crippen molar-refractivity contribution >= 4 is 81.9 Å². The summed E-state index contributed by atoms with van der Waals surface area (Å²) < 4.78 is 5.62. The van der Waals surface area contributed by atoms with Gasteiger partial charge in [0.1, 0.15) is 8.07 Å². The van der Waals surface area contributed by atoms with E-state index in [0.717, 1.165) is 5.56 Å². The first-order valence-electron chi connectivity index (χ1n) is 11.9. The highest BCUT2D eigenvalue weighted by Crippen LogP contribution is 2.46. The Hall–Kier alpha value is -2.64. The standard InChI is InChI=1S/C30H26S2Si/c1-4-33(5-2,6-3)14-13-20-11-12-23-17-26-28(19-24(23)15-20)32-29-25-16-21-9-7-8-10-22(21)18-27(25)31-30(26)29/h7-12,15-19H,4-6H2,1-3H3. The summed E-state index contributed by atoms with van der Waals surface area (Å²) in [4.78, 5) is 0. The lowest BCUT2D eigenvalue weighted by Gasteiger charge is -2.20. The molecular weight excluding hydrogens is 453 g/mol. The van der Waals surface area contributed by atoms with Crippen LogP contribution in [0.1, 0.15) is 26.3 Å². The summed E-state index contributed by atoms with van der Waals surface area (Å²) in [6, 6.07) is 28.7. The number of fused-ring (bicyclic) bond motifs is 7. The molecule has 0 aliphatic rings. The van der Waals surface area contributed by atoms with E-state index < -0.39 is 8.07 Å². The maximum absolute atomic E-state index is 3.75. The first-order valence-corrected chi connectivity index (χ1v) is 16.1. The molecule has 0 bridgehead atoms. The van der Waals surface area contributed by atoms with Gasteiger partial charge in [0.15, 0.2) is 0 Å². The first-order chi connectivity index (χ1) is 16.1. The largest absolute Gasteiger partial charge is 0.138 e. The average molecular weight is 479 g/mol. The summed E-state index contributed by atoms with van der Waals surface area (Å²) in [6.07, 6.45) is 0. The topological polar surface area (TPSA) is 0 Å². The number of rotatable bonds is 3. The zero-order valence-electron chi connectivity index (χ0n) is 19.3. The fraction of sp³-hybridized carbons (Fsp3) is 0.200. The summed E-state index contributed by atoms with van der Waals surface area (Å²) in [5, 5.41) is 8.03. The van der Waals surface area contributed by atoms with E-state index in [9.17, 15) is 0 Å². The molecule has 6 rings (SSSR count). The summed E-state index contributed by atoms with van der Waals surface area (Å²) >= 11 is 3.87. The molecule has 0 aliphatic carbocycles. The predicted molar refractivity (Wildman–Crippen MR) is 154 cm³/mol. The molecule has 0 saturated heterocycles. The van der Waals surface area contributed by atoms with Crippen LogP contribution in [0, 0.1) is 11.5 Å². The summed E-state index contributed by atoms with van der Waals surface area (Å²) in [6.45, 7) is 6.96. The van der Waals surface area contributed by atoms with Crippen molar-refractivity contribution in [2.75, 3.05) is 0 Å². The fourth-order valence-corrected chi connectivity index (χ4v) is 10.1. The highest BCUT2D eigenvalue weighted by atomic mass is 32.1. The Morgan fingerprint density at radius 1 is 0.636 bits per heavy atom. The minimum atomic E-state index is -1.43. The second-order valence-electron chi connectivity index (χ2n) is 9.06. The molecule has 3 heteroatoms. The van der Waals surface area contributed by atoms with Gasteiger partial charge in [-0.2, -0.15) is 0 Å². The minimum absolute atomic E-state index is 1.16. The van der Waals surface area contributed by atoms with Crippen LogP contribution in [0.4, 0.5) is 0 Å². The van der Waals surface area contributed by atoms with Crippen LogP contribution in [-0.2, 0) is 0 Å². The van der Waals surface area contributed by atoms with E-state index in [-0.39, 0.29) is 0 Å². The molecule has 4 aromatic carbocycles. The van der Waals surface area contributed by atoms with Crippen molar-refractivity contribution in [1.82, 2.24) is 0 Å². The second kappa shape index (κ2) is 7.99. The van der Waals surface area contributed by atoms with E-state index in [2.05, 4.69) is 99.0 Å². The van der Waals surface area contributed by atoms with Crippen LogP contribution in [0.3, 0.4) is 0 Å². The van der Waals surface area contributed by atoms with Gasteiger partial charge in [-0.3, -0.25) is 0 Å². The molecule has 0 nitrogen and oxygen atoms in total. The first kappa shape index (κ1) is 20.9. The fourth-order valence-electron chi connectivity index (χ4n) is 4.98. The maximum Gasteiger partial charge on any atom is 0.138 e. The van der Waals surface area contributed by atoms with Gasteiger partial charge in [-0.15, -0.1) is 28.2 Å². The summed E-state index contributed by atoms with van der Waals surface area (Å²) in [5.41, 5.74) is 4.90. The van der Waals surface area contributed by atoms with Crippen molar-refractivity contribution in [2.24, 2.45) is 0 Å². The molecule has 0 N–H and O–H groups in total. The monoisotopic (exact) mass is 478 g/mol. The Morgan fingerprint density at radius 2 is 1.18 bits per heavy atom.